The Morgan fingerprint density at radius 1 is 1.07 bits per heavy atom. The highest BCUT2D eigenvalue weighted by Crippen LogP contribution is 2.19. The number of hydrogen-bond acceptors (Lipinski definition) is 2. The molecule has 1 N–H and O–H groups in total. The summed E-state index contributed by atoms with van der Waals surface area (Å²) in [6.45, 7) is 6.73. The highest BCUT2D eigenvalue weighted by Gasteiger charge is 2.06. The number of benzene rings is 1. The summed E-state index contributed by atoms with van der Waals surface area (Å²) in [4.78, 5) is 4.14. The van der Waals surface area contributed by atoms with Gasteiger partial charge in [0.15, 0.2) is 0 Å². The number of hydrogen-bond donors (Lipinski definition) is 1. The molecule has 0 aliphatic heterocycles. The predicted octanol–water partition coefficient (Wildman–Crippen LogP) is 3.40. The van der Waals surface area contributed by atoms with Crippen molar-refractivity contribution in [3.8, 4) is 0 Å². The van der Waals surface area contributed by atoms with E-state index >= 15 is 0 Å². The smallest absolute Gasteiger partial charge is 0.0885 e. The van der Waals surface area contributed by atoms with Crippen molar-refractivity contribution in [1.82, 2.24) is 0 Å². The van der Waals surface area contributed by atoms with E-state index in [1.807, 2.05) is 6.92 Å². The fourth-order valence-electron chi connectivity index (χ4n) is 1.42. The fourth-order valence-corrected chi connectivity index (χ4v) is 1.42. The minimum Gasteiger partial charge on any atom is -0.252 e. The van der Waals surface area contributed by atoms with Gasteiger partial charge < -0.3 is 0 Å². The topological polar surface area (TPSA) is 29.5 Å². The maximum Gasteiger partial charge on any atom is 0.0885 e. The fraction of sp³-hybridized carbons (Fsp3) is 0.500. The van der Waals surface area contributed by atoms with Crippen LogP contribution in [0.25, 0.3) is 0 Å². The zero-order chi connectivity index (χ0) is 10.6. The molecule has 14 heavy (non-hydrogen) atoms. The lowest BCUT2D eigenvalue weighted by Gasteiger charge is -2.11. The third-order valence-corrected chi connectivity index (χ3v) is 2.50. The third kappa shape index (κ3) is 2.82. The second-order valence-corrected chi connectivity index (χ2v) is 4.02. The van der Waals surface area contributed by atoms with Crippen molar-refractivity contribution >= 4 is 0 Å². The van der Waals surface area contributed by atoms with Gasteiger partial charge in [0.1, 0.15) is 0 Å². The largest absolute Gasteiger partial charge is 0.252 e. The molecule has 78 valence electrons. The molecule has 2 nitrogen and oxygen atoms in total. The van der Waals surface area contributed by atoms with Gasteiger partial charge in [-0.2, -0.15) is 0 Å². The Bertz CT molecular complexity index is 264. The van der Waals surface area contributed by atoms with E-state index in [2.05, 4.69) is 43.0 Å². The van der Waals surface area contributed by atoms with E-state index in [4.69, 9.17) is 5.26 Å². The van der Waals surface area contributed by atoms with Crippen LogP contribution >= 0.6 is 0 Å². The van der Waals surface area contributed by atoms with Crippen LogP contribution in [0, 0.1) is 0 Å². The summed E-state index contributed by atoms with van der Waals surface area (Å²) in [6, 6.07) is 8.46. The van der Waals surface area contributed by atoms with Crippen LogP contribution in [-0.2, 0) is 4.89 Å². The average Bonchev–Trinajstić information content (AvgIpc) is 2.18. The van der Waals surface area contributed by atoms with Crippen molar-refractivity contribution in [1.29, 1.82) is 0 Å². The van der Waals surface area contributed by atoms with Gasteiger partial charge in [-0.3, -0.25) is 5.26 Å². The van der Waals surface area contributed by atoms with Gasteiger partial charge in [0.2, 0.25) is 0 Å². The van der Waals surface area contributed by atoms with Gasteiger partial charge in [-0.25, -0.2) is 4.89 Å². The maximum atomic E-state index is 8.34. The SMILES string of the molecule is CC(C)c1ccc(C(C)COO)cc1. The lowest BCUT2D eigenvalue weighted by molar-refractivity contribution is -0.245. The van der Waals surface area contributed by atoms with E-state index in [9.17, 15) is 0 Å². The Kier molecular flexibility index (Phi) is 4.11. The monoisotopic (exact) mass is 194 g/mol. The van der Waals surface area contributed by atoms with Crippen molar-refractivity contribution in [3.05, 3.63) is 35.4 Å². The van der Waals surface area contributed by atoms with Gasteiger partial charge in [0.25, 0.3) is 0 Å². The van der Waals surface area contributed by atoms with Gasteiger partial charge >= 0.3 is 0 Å². The van der Waals surface area contributed by atoms with Crippen molar-refractivity contribution < 1.29 is 10.1 Å². The quantitative estimate of drug-likeness (QED) is 0.588. The first-order valence-electron chi connectivity index (χ1n) is 5.01. The summed E-state index contributed by atoms with van der Waals surface area (Å²) >= 11 is 0. The van der Waals surface area contributed by atoms with Crippen LogP contribution in [0.2, 0.25) is 0 Å². The molecule has 0 amide bonds. The Labute approximate surface area is 85.5 Å². The van der Waals surface area contributed by atoms with Crippen LogP contribution < -0.4 is 0 Å². The van der Waals surface area contributed by atoms with E-state index in [0.717, 1.165) is 0 Å². The van der Waals surface area contributed by atoms with Crippen LogP contribution in [0.5, 0.6) is 0 Å². The van der Waals surface area contributed by atoms with E-state index < -0.39 is 0 Å². The van der Waals surface area contributed by atoms with E-state index in [-0.39, 0.29) is 5.92 Å². The van der Waals surface area contributed by atoms with E-state index in [1.54, 1.807) is 0 Å². The Morgan fingerprint density at radius 3 is 2.00 bits per heavy atom. The Hall–Kier alpha value is -0.860. The summed E-state index contributed by atoms with van der Waals surface area (Å²) in [5.74, 6) is 0.801. The molecule has 1 unspecified atom stereocenters. The molecule has 1 aromatic rings. The molecule has 0 radical (unpaired) electrons. The standard InChI is InChI=1S/C12H18O2/c1-9(2)11-4-6-12(7-5-11)10(3)8-14-13/h4-7,9-10,13H,8H2,1-3H3. The van der Waals surface area contributed by atoms with Gasteiger partial charge in [0.05, 0.1) is 6.61 Å². The van der Waals surface area contributed by atoms with Crippen molar-refractivity contribution in [2.75, 3.05) is 6.61 Å². The third-order valence-electron chi connectivity index (χ3n) is 2.50. The molecule has 0 aliphatic carbocycles. The molecule has 0 aromatic heterocycles. The molecular weight excluding hydrogens is 176 g/mol. The second-order valence-electron chi connectivity index (χ2n) is 4.02. The van der Waals surface area contributed by atoms with Crippen molar-refractivity contribution in [3.63, 3.8) is 0 Å². The lowest BCUT2D eigenvalue weighted by atomic mass is 9.97. The molecule has 0 spiro atoms. The molecule has 0 heterocycles. The van der Waals surface area contributed by atoms with E-state index in [0.29, 0.717) is 12.5 Å². The predicted molar refractivity (Wildman–Crippen MR) is 57.5 cm³/mol. The summed E-state index contributed by atoms with van der Waals surface area (Å²) in [5, 5.41) is 8.34. The van der Waals surface area contributed by atoms with Crippen LogP contribution in [0.15, 0.2) is 24.3 Å². The van der Waals surface area contributed by atoms with Crippen LogP contribution in [0.4, 0.5) is 0 Å². The zero-order valence-corrected chi connectivity index (χ0v) is 9.03. The molecule has 0 fully saturated rings. The first-order valence-corrected chi connectivity index (χ1v) is 5.01. The van der Waals surface area contributed by atoms with Gasteiger partial charge in [0, 0.05) is 5.92 Å². The van der Waals surface area contributed by atoms with Crippen LogP contribution in [0.3, 0.4) is 0 Å². The van der Waals surface area contributed by atoms with E-state index in [1.165, 1.54) is 11.1 Å². The molecule has 1 atom stereocenters. The molecule has 0 aliphatic rings. The second kappa shape index (κ2) is 5.13. The van der Waals surface area contributed by atoms with Crippen LogP contribution in [-0.4, -0.2) is 11.9 Å². The molecule has 1 aromatic carbocycles. The summed E-state index contributed by atoms with van der Waals surface area (Å²) in [7, 11) is 0. The molecule has 1 rings (SSSR count). The summed E-state index contributed by atoms with van der Waals surface area (Å²) in [5.41, 5.74) is 2.54. The zero-order valence-electron chi connectivity index (χ0n) is 9.03. The van der Waals surface area contributed by atoms with Gasteiger partial charge in [-0.05, 0) is 17.0 Å². The Balaban J connectivity index is 2.72. The first kappa shape index (κ1) is 11.2. The highest BCUT2D eigenvalue weighted by atomic mass is 17.1. The normalized spacial score (nSPS) is 13.2. The number of rotatable bonds is 4. The molecule has 0 bridgehead atoms. The van der Waals surface area contributed by atoms with Crippen molar-refractivity contribution in [2.24, 2.45) is 0 Å². The van der Waals surface area contributed by atoms with Crippen molar-refractivity contribution in [2.45, 2.75) is 32.6 Å². The summed E-state index contributed by atoms with van der Waals surface area (Å²) in [6.07, 6.45) is 0. The van der Waals surface area contributed by atoms with Gasteiger partial charge in [-0.1, -0.05) is 45.0 Å². The highest BCUT2D eigenvalue weighted by molar-refractivity contribution is 5.26. The molecule has 0 saturated carbocycles. The van der Waals surface area contributed by atoms with Crippen LogP contribution in [0.1, 0.15) is 43.7 Å². The molecular formula is C12H18O2. The minimum absolute atomic E-state index is 0.237. The summed E-state index contributed by atoms with van der Waals surface area (Å²) < 4.78 is 0. The molecule has 2 heteroatoms. The maximum absolute atomic E-state index is 8.34. The first-order chi connectivity index (χ1) is 6.65. The van der Waals surface area contributed by atoms with Gasteiger partial charge in [-0.15, -0.1) is 0 Å². The lowest BCUT2D eigenvalue weighted by Crippen LogP contribution is -2.02. The molecule has 0 saturated heterocycles. The Morgan fingerprint density at radius 2 is 1.57 bits per heavy atom. The minimum atomic E-state index is 0.237. The average molecular weight is 194 g/mol.